The standard InChI is InChI=1S/C27H36F2N4O3.C2H6/c1-3-4-5-6-7-13-30-23(34)16-22-24(26-35-14-15-36-26)25(33-18(2)32-22)31-17-19-9-8-10-21-20(19)11-12-27(21,28)29;1-2/h8-10,26H,3-7,11-17H2,1-2H3,(H,30,34)(H,31,32,33);1-2H3. The number of anilines is 1. The van der Waals surface area contributed by atoms with Crippen LogP contribution in [0.25, 0.3) is 0 Å². The molecule has 38 heavy (non-hydrogen) atoms. The molecule has 2 aliphatic rings. The first-order chi connectivity index (χ1) is 18.4. The summed E-state index contributed by atoms with van der Waals surface area (Å²) in [6.45, 7) is 9.76. The molecule has 1 amide bonds. The Morgan fingerprint density at radius 2 is 1.84 bits per heavy atom. The van der Waals surface area contributed by atoms with Crippen LogP contribution in [0.4, 0.5) is 14.6 Å². The Balaban J connectivity index is 0.00000195. The lowest BCUT2D eigenvalue weighted by Crippen LogP contribution is -2.28. The summed E-state index contributed by atoms with van der Waals surface area (Å²) in [5.74, 6) is -1.90. The molecule has 1 aromatic heterocycles. The SMILES string of the molecule is CC.CCCCCCCNC(=O)Cc1nc(C)nc(NCc2cccc3c2CCC3(F)F)c1C1OCCO1. The number of amides is 1. The number of nitrogens with zero attached hydrogens (tertiary/aromatic N) is 2. The van der Waals surface area contributed by atoms with Crippen molar-refractivity contribution in [2.45, 2.75) is 97.8 Å². The molecule has 1 aromatic carbocycles. The maximum atomic E-state index is 14.2. The summed E-state index contributed by atoms with van der Waals surface area (Å²) in [7, 11) is 0. The van der Waals surface area contributed by atoms with Gasteiger partial charge in [0.05, 0.1) is 30.9 Å². The molecule has 4 rings (SSSR count). The first kappa shape index (κ1) is 29.9. The third-order valence-corrected chi connectivity index (χ3v) is 6.73. The molecule has 1 aliphatic carbocycles. The van der Waals surface area contributed by atoms with Gasteiger partial charge >= 0.3 is 0 Å². The molecular weight excluding hydrogens is 490 g/mol. The Bertz CT molecular complexity index is 1060. The van der Waals surface area contributed by atoms with Crippen LogP contribution in [0.1, 0.15) is 99.4 Å². The Hall–Kier alpha value is -2.65. The molecule has 9 heteroatoms. The maximum Gasteiger partial charge on any atom is 0.273 e. The van der Waals surface area contributed by atoms with E-state index in [9.17, 15) is 13.6 Å². The molecule has 1 aliphatic heterocycles. The van der Waals surface area contributed by atoms with Gasteiger partial charge in [0, 0.05) is 25.1 Å². The van der Waals surface area contributed by atoms with Crippen molar-refractivity contribution < 1.29 is 23.0 Å². The van der Waals surface area contributed by atoms with Crippen LogP contribution in [0.2, 0.25) is 0 Å². The minimum Gasteiger partial charge on any atom is -0.365 e. The largest absolute Gasteiger partial charge is 0.365 e. The zero-order valence-electron chi connectivity index (χ0n) is 23.2. The van der Waals surface area contributed by atoms with Crippen LogP contribution >= 0.6 is 0 Å². The quantitative estimate of drug-likeness (QED) is 0.320. The number of alkyl halides is 2. The summed E-state index contributed by atoms with van der Waals surface area (Å²) in [4.78, 5) is 21.8. The van der Waals surface area contributed by atoms with Crippen LogP contribution < -0.4 is 10.6 Å². The highest BCUT2D eigenvalue weighted by Crippen LogP contribution is 2.43. The summed E-state index contributed by atoms with van der Waals surface area (Å²) in [5, 5.41) is 6.29. The van der Waals surface area contributed by atoms with E-state index in [4.69, 9.17) is 9.47 Å². The van der Waals surface area contributed by atoms with Crippen molar-refractivity contribution in [3.8, 4) is 0 Å². The van der Waals surface area contributed by atoms with Gasteiger partial charge in [-0.25, -0.2) is 18.7 Å². The first-order valence-corrected chi connectivity index (χ1v) is 14.0. The van der Waals surface area contributed by atoms with Gasteiger partial charge in [-0.05, 0) is 30.9 Å². The number of carbonyl (C=O) groups excluding carboxylic acids is 1. The molecule has 0 radical (unpaired) electrons. The van der Waals surface area contributed by atoms with E-state index in [-0.39, 0.29) is 24.3 Å². The smallest absolute Gasteiger partial charge is 0.273 e. The van der Waals surface area contributed by atoms with Gasteiger partial charge in [0.1, 0.15) is 11.6 Å². The van der Waals surface area contributed by atoms with E-state index in [0.717, 1.165) is 18.4 Å². The zero-order chi connectivity index (χ0) is 27.5. The fourth-order valence-electron chi connectivity index (χ4n) is 4.89. The number of hydrogen-bond donors (Lipinski definition) is 2. The second kappa shape index (κ2) is 14.5. The lowest BCUT2D eigenvalue weighted by molar-refractivity contribution is -0.120. The highest BCUT2D eigenvalue weighted by atomic mass is 19.3. The molecular formula is C29H42F2N4O3. The number of hydrogen-bond acceptors (Lipinski definition) is 6. The Morgan fingerprint density at radius 3 is 2.58 bits per heavy atom. The average molecular weight is 533 g/mol. The molecule has 0 saturated carbocycles. The molecule has 0 unspecified atom stereocenters. The number of aromatic nitrogens is 2. The molecule has 1 fully saturated rings. The Morgan fingerprint density at radius 1 is 1.11 bits per heavy atom. The van der Waals surface area contributed by atoms with Crippen LogP contribution in [-0.4, -0.2) is 35.6 Å². The number of unbranched alkanes of at least 4 members (excludes halogenated alkanes) is 4. The lowest BCUT2D eigenvalue weighted by Gasteiger charge is -2.20. The molecule has 7 nitrogen and oxygen atoms in total. The predicted molar refractivity (Wildman–Crippen MR) is 144 cm³/mol. The minimum atomic E-state index is -2.79. The third-order valence-electron chi connectivity index (χ3n) is 6.73. The number of nitrogens with one attached hydrogen (secondary N) is 2. The van der Waals surface area contributed by atoms with E-state index < -0.39 is 12.2 Å². The minimum absolute atomic E-state index is 0.0819. The van der Waals surface area contributed by atoms with Gasteiger partial charge in [-0.3, -0.25) is 4.79 Å². The number of rotatable bonds is 12. The molecule has 2 heterocycles. The van der Waals surface area contributed by atoms with E-state index in [2.05, 4.69) is 27.5 Å². The summed E-state index contributed by atoms with van der Waals surface area (Å²) >= 11 is 0. The van der Waals surface area contributed by atoms with Crippen molar-refractivity contribution in [2.75, 3.05) is 25.1 Å². The third kappa shape index (κ3) is 7.69. The van der Waals surface area contributed by atoms with Crippen molar-refractivity contribution >= 4 is 11.7 Å². The van der Waals surface area contributed by atoms with Gasteiger partial charge < -0.3 is 20.1 Å². The topological polar surface area (TPSA) is 85.4 Å². The molecule has 1 saturated heterocycles. The number of halogens is 2. The molecule has 210 valence electrons. The summed E-state index contributed by atoms with van der Waals surface area (Å²) in [6.07, 6.45) is 5.19. The van der Waals surface area contributed by atoms with Crippen LogP contribution in [0.3, 0.4) is 0 Å². The highest BCUT2D eigenvalue weighted by Gasteiger charge is 2.39. The molecule has 0 spiro atoms. The van der Waals surface area contributed by atoms with Crippen LogP contribution in [0.5, 0.6) is 0 Å². The zero-order valence-corrected chi connectivity index (χ0v) is 23.2. The van der Waals surface area contributed by atoms with Crippen molar-refractivity contribution in [3.05, 3.63) is 52.0 Å². The van der Waals surface area contributed by atoms with Crippen molar-refractivity contribution in [1.82, 2.24) is 15.3 Å². The number of carbonyl (C=O) groups is 1. The van der Waals surface area contributed by atoms with E-state index in [0.29, 0.717) is 61.2 Å². The Labute approximate surface area is 225 Å². The van der Waals surface area contributed by atoms with Crippen LogP contribution in [0.15, 0.2) is 18.2 Å². The summed E-state index contributed by atoms with van der Waals surface area (Å²) in [5.41, 5.74) is 2.74. The van der Waals surface area contributed by atoms with Gasteiger partial charge in [0.25, 0.3) is 5.92 Å². The van der Waals surface area contributed by atoms with E-state index in [1.54, 1.807) is 13.0 Å². The summed E-state index contributed by atoms with van der Waals surface area (Å²) < 4.78 is 40.0. The van der Waals surface area contributed by atoms with E-state index in [1.807, 2.05) is 19.9 Å². The Kier molecular flexibility index (Phi) is 11.4. The second-order valence-electron chi connectivity index (χ2n) is 9.50. The summed E-state index contributed by atoms with van der Waals surface area (Å²) in [6, 6.07) is 5.04. The molecule has 0 bridgehead atoms. The number of ether oxygens (including phenoxy) is 2. The van der Waals surface area contributed by atoms with Gasteiger partial charge in [-0.15, -0.1) is 0 Å². The van der Waals surface area contributed by atoms with Crippen molar-refractivity contribution in [3.63, 3.8) is 0 Å². The van der Waals surface area contributed by atoms with Crippen LogP contribution in [0, 0.1) is 6.92 Å². The molecule has 0 atom stereocenters. The monoisotopic (exact) mass is 532 g/mol. The van der Waals surface area contributed by atoms with Crippen LogP contribution in [-0.2, 0) is 39.6 Å². The fourth-order valence-corrected chi connectivity index (χ4v) is 4.89. The van der Waals surface area contributed by atoms with Gasteiger partial charge in [-0.2, -0.15) is 0 Å². The fraction of sp³-hybridized carbons (Fsp3) is 0.621. The number of benzene rings is 1. The van der Waals surface area contributed by atoms with Gasteiger partial charge in [-0.1, -0.05) is 64.7 Å². The normalized spacial score (nSPS) is 16.1. The average Bonchev–Trinajstić information content (AvgIpc) is 3.54. The van der Waals surface area contributed by atoms with E-state index in [1.165, 1.54) is 25.3 Å². The number of fused-ring (bicyclic) bond motifs is 1. The predicted octanol–water partition coefficient (Wildman–Crippen LogP) is 6.14. The molecule has 2 N–H and O–H groups in total. The maximum absolute atomic E-state index is 14.2. The first-order valence-electron chi connectivity index (χ1n) is 14.0. The van der Waals surface area contributed by atoms with Crippen molar-refractivity contribution in [2.24, 2.45) is 0 Å². The molecule has 2 aromatic rings. The highest BCUT2D eigenvalue weighted by molar-refractivity contribution is 5.79. The van der Waals surface area contributed by atoms with E-state index >= 15 is 0 Å². The van der Waals surface area contributed by atoms with Gasteiger partial charge in [0.15, 0.2) is 6.29 Å². The van der Waals surface area contributed by atoms with Crippen molar-refractivity contribution in [1.29, 1.82) is 0 Å². The van der Waals surface area contributed by atoms with Gasteiger partial charge in [0.2, 0.25) is 5.91 Å². The number of aryl methyl sites for hydroxylation is 1. The lowest BCUT2D eigenvalue weighted by atomic mass is 10.0. The second-order valence-corrected chi connectivity index (χ2v) is 9.50.